The van der Waals surface area contributed by atoms with E-state index in [1.165, 1.54) is 0 Å². The van der Waals surface area contributed by atoms with Gasteiger partial charge in [-0.2, -0.15) is 0 Å². The first-order chi connectivity index (χ1) is 13.9. The van der Waals surface area contributed by atoms with Crippen molar-refractivity contribution in [1.82, 2.24) is 10.2 Å². The Kier molecular flexibility index (Phi) is 8.34. The van der Waals surface area contributed by atoms with E-state index in [0.717, 1.165) is 16.9 Å². The molecule has 2 aromatic carbocycles. The minimum absolute atomic E-state index is 0.176. The molecule has 0 fully saturated rings. The van der Waals surface area contributed by atoms with Crippen molar-refractivity contribution in [2.24, 2.45) is 0 Å². The third-order valence-electron chi connectivity index (χ3n) is 4.64. The Hall–Kier alpha value is -2.73. The average molecular weight is 419 g/mol. The van der Waals surface area contributed by atoms with E-state index in [2.05, 4.69) is 5.32 Å². The Labute approximate surface area is 176 Å². The molecule has 0 aliphatic rings. The van der Waals surface area contributed by atoms with Crippen molar-refractivity contribution in [2.75, 3.05) is 20.8 Å². The van der Waals surface area contributed by atoms with Gasteiger partial charge in [-0.3, -0.25) is 9.59 Å². The molecule has 6 nitrogen and oxygen atoms in total. The lowest BCUT2D eigenvalue weighted by Crippen LogP contribution is -2.49. The van der Waals surface area contributed by atoms with Gasteiger partial charge < -0.3 is 19.7 Å². The van der Waals surface area contributed by atoms with Gasteiger partial charge in [0.2, 0.25) is 5.91 Å². The Morgan fingerprint density at radius 3 is 2.34 bits per heavy atom. The summed E-state index contributed by atoms with van der Waals surface area (Å²) in [5, 5.41) is 3.27. The highest BCUT2D eigenvalue weighted by atomic mass is 35.5. The fourth-order valence-electron chi connectivity index (χ4n) is 2.95. The van der Waals surface area contributed by atoms with E-state index in [4.69, 9.17) is 21.1 Å². The number of halogens is 1. The molecule has 7 heteroatoms. The summed E-state index contributed by atoms with van der Waals surface area (Å²) in [5.41, 5.74) is 1.76. The highest BCUT2D eigenvalue weighted by Gasteiger charge is 2.28. The third-order valence-corrected chi connectivity index (χ3v) is 5.06. The predicted molar refractivity (Wildman–Crippen MR) is 113 cm³/mol. The summed E-state index contributed by atoms with van der Waals surface area (Å²) >= 11 is 6.03. The van der Waals surface area contributed by atoms with Crippen molar-refractivity contribution < 1.29 is 19.1 Å². The second-order valence-corrected chi connectivity index (χ2v) is 7.01. The Morgan fingerprint density at radius 1 is 1.14 bits per heavy atom. The largest absolute Gasteiger partial charge is 0.497 e. The van der Waals surface area contributed by atoms with E-state index in [1.54, 1.807) is 37.3 Å². The number of nitrogens with zero attached hydrogens (tertiary/aromatic N) is 1. The Morgan fingerprint density at radius 2 is 1.79 bits per heavy atom. The van der Waals surface area contributed by atoms with Gasteiger partial charge in [-0.05, 0) is 54.8 Å². The molecule has 0 aromatic heterocycles. The number of hydrogen-bond donors (Lipinski definition) is 1. The molecule has 0 saturated carbocycles. The number of likely N-dealkylation sites (N-methyl/N-ethyl adjacent to an activating group) is 1. The third kappa shape index (κ3) is 6.12. The standard InChI is InChI=1S/C22H27ClN2O4/c1-5-20(22(27)24-3)25(13-16-6-8-17(28-4)9-7-16)21(26)14-29-18-10-11-19(23)15(2)12-18/h6-12,20H,5,13-14H2,1-4H3,(H,24,27)/t20-/m0/s1. The number of carbonyl (C=O) groups excluding carboxylic acids is 2. The first-order valence-corrected chi connectivity index (χ1v) is 9.80. The van der Waals surface area contributed by atoms with Gasteiger partial charge in [0.1, 0.15) is 17.5 Å². The smallest absolute Gasteiger partial charge is 0.261 e. The van der Waals surface area contributed by atoms with Crippen LogP contribution in [-0.2, 0) is 16.1 Å². The summed E-state index contributed by atoms with van der Waals surface area (Å²) in [6.45, 7) is 3.85. The maximum Gasteiger partial charge on any atom is 0.261 e. The number of benzene rings is 2. The number of carbonyl (C=O) groups is 2. The topological polar surface area (TPSA) is 67.9 Å². The second kappa shape index (κ2) is 10.7. The van der Waals surface area contributed by atoms with Crippen LogP contribution < -0.4 is 14.8 Å². The van der Waals surface area contributed by atoms with Crippen LogP contribution in [0.1, 0.15) is 24.5 Å². The maximum absolute atomic E-state index is 13.0. The summed E-state index contributed by atoms with van der Waals surface area (Å²) in [6.07, 6.45) is 0.488. The van der Waals surface area contributed by atoms with E-state index >= 15 is 0 Å². The highest BCUT2D eigenvalue weighted by Crippen LogP contribution is 2.21. The van der Waals surface area contributed by atoms with E-state index in [0.29, 0.717) is 17.2 Å². The van der Waals surface area contributed by atoms with Crippen molar-refractivity contribution >= 4 is 23.4 Å². The fraction of sp³-hybridized carbons (Fsp3) is 0.364. The molecule has 0 saturated heterocycles. The van der Waals surface area contributed by atoms with Crippen LogP contribution in [0.5, 0.6) is 11.5 Å². The quantitative estimate of drug-likeness (QED) is 0.675. The van der Waals surface area contributed by atoms with Crippen LogP contribution in [0.25, 0.3) is 0 Å². The summed E-state index contributed by atoms with van der Waals surface area (Å²) in [7, 11) is 3.16. The van der Waals surface area contributed by atoms with Crippen molar-refractivity contribution in [2.45, 2.75) is 32.9 Å². The van der Waals surface area contributed by atoms with Gasteiger partial charge in [0, 0.05) is 18.6 Å². The van der Waals surface area contributed by atoms with Gasteiger partial charge in [0.25, 0.3) is 5.91 Å². The van der Waals surface area contributed by atoms with Gasteiger partial charge in [-0.1, -0.05) is 30.7 Å². The summed E-state index contributed by atoms with van der Waals surface area (Å²) in [5.74, 6) is 0.796. The van der Waals surface area contributed by atoms with Crippen LogP contribution in [0.2, 0.25) is 5.02 Å². The zero-order valence-electron chi connectivity index (χ0n) is 17.2. The predicted octanol–water partition coefficient (Wildman–Crippen LogP) is 3.59. The molecule has 2 aromatic rings. The van der Waals surface area contributed by atoms with Crippen LogP contribution >= 0.6 is 11.6 Å². The molecule has 0 aliphatic heterocycles. The minimum Gasteiger partial charge on any atom is -0.497 e. The molecule has 0 bridgehead atoms. The molecule has 0 radical (unpaired) electrons. The van der Waals surface area contributed by atoms with Crippen LogP contribution in [0.3, 0.4) is 0 Å². The molecule has 1 atom stereocenters. The zero-order valence-corrected chi connectivity index (χ0v) is 18.0. The number of aryl methyl sites for hydroxylation is 1. The Bertz CT molecular complexity index is 839. The van der Waals surface area contributed by atoms with Gasteiger partial charge in [-0.15, -0.1) is 0 Å². The lowest BCUT2D eigenvalue weighted by atomic mass is 10.1. The Balaban J connectivity index is 2.18. The summed E-state index contributed by atoms with van der Waals surface area (Å²) < 4.78 is 10.8. The number of methoxy groups -OCH3 is 1. The van der Waals surface area contributed by atoms with E-state index in [1.807, 2.05) is 38.1 Å². The van der Waals surface area contributed by atoms with Crippen LogP contribution in [0.15, 0.2) is 42.5 Å². The molecular formula is C22H27ClN2O4. The number of nitrogens with one attached hydrogen (secondary N) is 1. The van der Waals surface area contributed by atoms with Crippen molar-refractivity contribution in [3.8, 4) is 11.5 Å². The molecule has 0 aliphatic carbocycles. The number of amides is 2. The molecule has 2 amide bonds. The van der Waals surface area contributed by atoms with E-state index in [9.17, 15) is 9.59 Å². The van der Waals surface area contributed by atoms with E-state index < -0.39 is 6.04 Å². The van der Waals surface area contributed by atoms with Gasteiger partial charge in [0.05, 0.1) is 7.11 Å². The number of hydrogen-bond acceptors (Lipinski definition) is 4. The first-order valence-electron chi connectivity index (χ1n) is 9.42. The molecule has 29 heavy (non-hydrogen) atoms. The van der Waals surface area contributed by atoms with Crippen LogP contribution in [-0.4, -0.2) is 43.5 Å². The molecule has 156 valence electrons. The van der Waals surface area contributed by atoms with Crippen LogP contribution in [0, 0.1) is 6.92 Å². The molecule has 1 N–H and O–H groups in total. The molecular weight excluding hydrogens is 392 g/mol. The number of ether oxygens (including phenoxy) is 2. The molecule has 2 rings (SSSR count). The van der Waals surface area contributed by atoms with Gasteiger partial charge in [-0.25, -0.2) is 0 Å². The fourth-order valence-corrected chi connectivity index (χ4v) is 3.07. The highest BCUT2D eigenvalue weighted by molar-refractivity contribution is 6.31. The number of rotatable bonds is 9. The molecule has 0 heterocycles. The lowest BCUT2D eigenvalue weighted by molar-refractivity contribution is -0.142. The second-order valence-electron chi connectivity index (χ2n) is 6.61. The van der Waals surface area contributed by atoms with Crippen molar-refractivity contribution in [3.05, 3.63) is 58.6 Å². The average Bonchev–Trinajstić information content (AvgIpc) is 2.74. The summed E-state index contributed by atoms with van der Waals surface area (Å²) in [6, 6.07) is 12.0. The normalized spacial score (nSPS) is 11.5. The van der Waals surface area contributed by atoms with Crippen LogP contribution in [0.4, 0.5) is 0 Å². The molecule has 0 unspecified atom stereocenters. The summed E-state index contributed by atoms with van der Waals surface area (Å²) in [4.78, 5) is 26.9. The zero-order chi connectivity index (χ0) is 21.4. The minimum atomic E-state index is -0.592. The van der Waals surface area contributed by atoms with Gasteiger partial charge >= 0.3 is 0 Å². The molecule has 0 spiro atoms. The van der Waals surface area contributed by atoms with Gasteiger partial charge in [0.15, 0.2) is 6.61 Å². The lowest BCUT2D eigenvalue weighted by Gasteiger charge is -2.30. The van der Waals surface area contributed by atoms with E-state index in [-0.39, 0.29) is 25.0 Å². The SMILES string of the molecule is CC[C@@H](C(=O)NC)N(Cc1ccc(OC)cc1)C(=O)COc1ccc(Cl)c(C)c1. The van der Waals surface area contributed by atoms with Crippen molar-refractivity contribution in [1.29, 1.82) is 0 Å². The first kappa shape index (κ1) is 22.6. The monoisotopic (exact) mass is 418 g/mol. The van der Waals surface area contributed by atoms with Crippen molar-refractivity contribution in [3.63, 3.8) is 0 Å². The maximum atomic E-state index is 13.0.